The lowest BCUT2D eigenvalue weighted by Gasteiger charge is -2.21. The van der Waals surface area contributed by atoms with E-state index in [2.05, 4.69) is 20.1 Å². The monoisotopic (exact) mass is 559 g/mol. The van der Waals surface area contributed by atoms with Gasteiger partial charge in [0.25, 0.3) is 10.0 Å². The number of nitrogens with zero attached hydrogens (tertiary/aromatic N) is 3. The van der Waals surface area contributed by atoms with Crippen LogP contribution in [0.2, 0.25) is 0 Å². The third kappa shape index (κ3) is 7.09. The number of thiocarbonyl (C=S) groups is 1. The lowest BCUT2D eigenvalue weighted by Crippen LogP contribution is -2.42. The topological polar surface area (TPSA) is 125 Å². The smallest absolute Gasteiger partial charge is 0.264 e. The minimum Gasteiger partial charge on any atom is -0.488 e. The lowest BCUT2D eigenvalue weighted by atomic mass is 9.94. The van der Waals surface area contributed by atoms with Crippen molar-refractivity contribution in [1.82, 2.24) is 10.0 Å². The van der Waals surface area contributed by atoms with Crippen molar-refractivity contribution in [2.75, 3.05) is 6.54 Å². The molecule has 2 aromatic rings. The quantitative estimate of drug-likeness (QED) is 0.188. The summed E-state index contributed by atoms with van der Waals surface area (Å²) >= 11 is 5.31. The van der Waals surface area contributed by atoms with E-state index in [1.807, 2.05) is 65.8 Å². The van der Waals surface area contributed by atoms with Crippen LogP contribution in [0.4, 0.5) is 0 Å². The van der Waals surface area contributed by atoms with Crippen LogP contribution in [0.15, 0.2) is 34.3 Å². The summed E-state index contributed by atoms with van der Waals surface area (Å²) < 4.78 is 41.3. The summed E-state index contributed by atoms with van der Waals surface area (Å²) in [5.74, 6) is 1.51. The van der Waals surface area contributed by atoms with Gasteiger partial charge in [-0.1, -0.05) is 17.2 Å². The molecule has 2 N–H and O–H groups in total. The fraction of sp³-hybridized carbons (Fsp3) is 0.519. The van der Waals surface area contributed by atoms with Crippen LogP contribution in [0.5, 0.6) is 11.5 Å². The number of hydrogen-bond donors (Lipinski definition) is 2. The molecule has 0 spiro atoms. The maximum atomic E-state index is 13.4. The van der Waals surface area contributed by atoms with Crippen LogP contribution in [0.3, 0.4) is 0 Å². The van der Waals surface area contributed by atoms with Crippen LogP contribution in [0.25, 0.3) is 10.4 Å². The highest BCUT2D eigenvalue weighted by molar-refractivity contribution is 7.92. The van der Waals surface area contributed by atoms with Gasteiger partial charge in [-0.2, -0.15) is 0 Å². The van der Waals surface area contributed by atoms with Crippen LogP contribution in [0, 0.1) is 20.8 Å². The first-order valence-electron chi connectivity index (χ1n) is 12.5. The minimum absolute atomic E-state index is 0.0643. The van der Waals surface area contributed by atoms with E-state index in [0.717, 1.165) is 28.2 Å². The maximum Gasteiger partial charge on any atom is 0.264 e. The van der Waals surface area contributed by atoms with Gasteiger partial charge in [0.2, 0.25) is 0 Å². The lowest BCUT2D eigenvalue weighted by molar-refractivity contribution is 0.131. The van der Waals surface area contributed by atoms with Gasteiger partial charge in [0.05, 0.1) is 10.9 Å². The fourth-order valence-corrected chi connectivity index (χ4v) is 6.53. The van der Waals surface area contributed by atoms with Crippen LogP contribution >= 0.6 is 12.2 Å². The van der Waals surface area contributed by atoms with Gasteiger partial charge in [0.1, 0.15) is 22.7 Å². The Labute approximate surface area is 231 Å². The van der Waals surface area contributed by atoms with E-state index in [1.165, 1.54) is 0 Å². The molecule has 1 heterocycles. The first-order chi connectivity index (χ1) is 17.5. The molecule has 0 saturated heterocycles. The van der Waals surface area contributed by atoms with Gasteiger partial charge in [-0.15, -0.1) is 0 Å². The Kier molecular flexibility index (Phi) is 8.55. The molecule has 3 rings (SSSR count). The number of azide groups is 1. The first kappa shape index (κ1) is 29.5. The molecule has 0 aliphatic carbocycles. The molecule has 0 aromatic heterocycles. The Hall–Kier alpha value is -3.01. The Morgan fingerprint density at radius 2 is 1.82 bits per heavy atom. The Bertz CT molecular complexity index is 1370. The maximum absolute atomic E-state index is 13.4. The molecule has 38 heavy (non-hydrogen) atoms. The number of nitrogens with one attached hydrogen (secondary N) is 2. The van der Waals surface area contributed by atoms with Crippen molar-refractivity contribution in [2.24, 2.45) is 5.11 Å². The molecule has 9 nitrogen and oxygen atoms in total. The van der Waals surface area contributed by atoms with Crippen molar-refractivity contribution in [1.29, 1.82) is 0 Å². The van der Waals surface area contributed by atoms with Crippen molar-refractivity contribution >= 4 is 27.4 Å². The summed E-state index contributed by atoms with van der Waals surface area (Å²) in [5, 5.41) is 6.69. The molecule has 0 unspecified atom stereocenters. The Morgan fingerprint density at radius 3 is 2.39 bits per heavy atom. The predicted molar refractivity (Wildman–Crippen MR) is 153 cm³/mol. The van der Waals surface area contributed by atoms with Crippen molar-refractivity contribution in [3.8, 4) is 11.5 Å². The van der Waals surface area contributed by atoms with Gasteiger partial charge in [-0.3, -0.25) is 4.72 Å². The summed E-state index contributed by atoms with van der Waals surface area (Å²) in [6.07, 6.45) is 1.07. The molecule has 1 aliphatic heterocycles. The molecule has 1 aliphatic rings. The third-order valence-electron chi connectivity index (χ3n) is 6.32. The minimum atomic E-state index is -3.97. The van der Waals surface area contributed by atoms with E-state index < -0.39 is 21.7 Å². The average Bonchev–Trinajstić information content (AvgIpc) is 3.12. The van der Waals surface area contributed by atoms with E-state index in [9.17, 15) is 8.42 Å². The highest BCUT2D eigenvalue weighted by Gasteiger charge is 2.36. The molecule has 0 saturated carbocycles. The third-order valence-corrected chi connectivity index (χ3v) is 8.32. The molecule has 2 aromatic carbocycles. The van der Waals surface area contributed by atoms with E-state index in [1.54, 1.807) is 13.8 Å². The first-order valence-corrected chi connectivity index (χ1v) is 14.4. The van der Waals surface area contributed by atoms with Crippen LogP contribution in [-0.4, -0.2) is 37.3 Å². The summed E-state index contributed by atoms with van der Waals surface area (Å²) in [7, 11) is -3.97. The number of fused-ring (bicyclic) bond motifs is 1. The number of benzene rings is 2. The van der Waals surface area contributed by atoms with E-state index >= 15 is 0 Å². The van der Waals surface area contributed by atoms with Gasteiger partial charge >= 0.3 is 0 Å². The molecule has 0 bridgehead atoms. The average molecular weight is 560 g/mol. The van der Waals surface area contributed by atoms with E-state index in [-0.39, 0.29) is 22.2 Å². The molecule has 206 valence electrons. The van der Waals surface area contributed by atoms with E-state index in [4.69, 9.17) is 27.2 Å². The largest absolute Gasteiger partial charge is 0.488 e. The van der Waals surface area contributed by atoms with Gasteiger partial charge in [-0.25, -0.2) is 8.42 Å². The molecular weight excluding hydrogens is 522 g/mol. The second-order valence-corrected chi connectivity index (χ2v) is 13.3. The second-order valence-electron chi connectivity index (χ2n) is 11.3. The summed E-state index contributed by atoms with van der Waals surface area (Å²) in [6, 6.07) is 7.08. The molecule has 0 radical (unpaired) electrons. The number of hydrogen-bond acceptors (Lipinski definition) is 6. The highest BCUT2D eigenvalue weighted by atomic mass is 32.2. The molecule has 0 amide bonds. The Morgan fingerprint density at radius 1 is 1.18 bits per heavy atom. The van der Waals surface area contributed by atoms with Crippen molar-refractivity contribution in [2.45, 2.75) is 90.4 Å². The number of ether oxygens (including phenoxy) is 2. The van der Waals surface area contributed by atoms with Crippen LogP contribution < -0.4 is 19.5 Å². The zero-order valence-electron chi connectivity index (χ0n) is 23.3. The zero-order valence-corrected chi connectivity index (χ0v) is 24.9. The number of sulfonamides is 1. The van der Waals surface area contributed by atoms with Crippen LogP contribution in [0.1, 0.15) is 62.4 Å². The summed E-state index contributed by atoms with van der Waals surface area (Å²) in [6.45, 7) is 15.5. The van der Waals surface area contributed by atoms with Gasteiger partial charge in [-0.05, 0) is 114 Å². The van der Waals surface area contributed by atoms with Gasteiger partial charge < -0.3 is 14.8 Å². The molecule has 1 atom stereocenters. The fourth-order valence-electron chi connectivity index (χ4n) is 4.61. The standard InChI is InChI=1S/C27H37N5O4S2/c1-16-17(2)24(18(3)22-14-27(7,8)36-23(16)22)38(33,34)31-25(37)29-15-20(30-32-28)13-19-9-11-21(12-10-19)35-26(4,5)6/h9-12,20H,13-15H2,1-8H3,(H2,29,31,37)/t20-/m0/s1. The predicted octanol–water partition coefficient (Wildman–Crippen LogP) is 5.58. The molecule has 0 fully saturated rings. The van der Waals surface area contributed by atoms with Gasteiger partial charge in [0.15, 0.2) is 5.11 Å². The van der Waals surface area contributed by atoms with Crippen molar-refractivity contribution in [3.63, 3.8) is 0 Å². The van der Waals surface area contributed by atoms with Crippen molar-refractivity contribution in [3.05, 3.63) is 62.5 Å². The van der Waals surface area contributed by atoms with Gasteiger partial charge in [0, 0.05) is 23.4 Å². The Balaban J connectivity index is 1.70. The molecular formula is C27H37N5O4S2. The van der Waals surface area contributed by atoms with Crippen LogP contribution in [-0.2, 0) is 22.9 Å². The van der Waals surface area contributed by atoms with E-state index in [0.29, 0.717) is 24.0 Å². The number of rotatable bonds is 8. The summed E-state index contributed by atoms with van der Waals surface area (Å²) in [4.78, 5) is 3.15. The highest BCUT2D eigenvalue weighted by Crippen LogP contribution is 2.43. The molecule has 11 heteroatoms. The second kappa shape index (κ2) is 11.0. The SMILES string of the molecule is Cc1c(C)c(S(=O)(=O)NC(=S)NC[C@H](Cc2ccc(OC(C)(C)C)cc2)N=[N+]=[N-])c(C)c2c1OC(C)(C)C2. The summed E-state index contributed by atoms with van der Waals surface area (Å²) in [5.41, 5.74) is 12.3. The zero-order chi connectivity index (χ0) is 28.5. The van der Waals surface area contributed by atoms with Crippen molar-refractivity contribution < 1.29 is 17.9 Å². The normalized spacial score (nSPS) is 15.1.